The maximum atomic E-state index is 12.4. The van der Waals surface area contributed by atoms with Gasteiger partial charge in [-0.05, 0) is 26.3 Å². The Kier molecular flexibility index (Phi) is 4.72. The number of likely N-dealkylation sites (tertiary alicyclic amines) is 1. The van der Waals surface area contributed by atoms with E-state index >= 15 is 0 Å². The number of hydrogen-bond acceptors (Lipinski definition) is 5. The molecule has 1 aliphatic heterocycles. The van der Waals surface area contributed by atoms with E-state index in [2.05, 4.69) is 4.98 Å². The number of hydrogen-bond donors (Lipinski definition) is 2. The zero-order chi connectivity index (χ0) is 14.7. The van der Waals surface area contributed by atoms with Crippen LogP contribution in [-0.4, -0.2) is 46.0 Å². The van der Waals surface area contributed by atoms with Crippen molar-refractivity contribution in [1.82, 2.24) is 9.88 Å². The molecule has 1 fully saturated rings. The second-order valence-electron chi connectivity index (χ2n) is 5.07. The highest BCUT2D eigenvalue weighted by molar-refractivity contribution is 7.09. The minimum Gasteiger partial charge on any atom is -0.481 e. The Bertz CT molecular complexity index is 503. The molecule has 0 spiro atoms. The summed E-state index contributed by atoms with van der Waals surface area (Å²) in [5, 5.41) is 11.7. The molecule has 1 aromatic heterocycles. The first kappa shape index (κ1) is 14.9. The number of nitrogens with zero attached hydrogens (tertiary/aromatic N) is 2. The van der Waals surface area contributed by atoms with E-state index in [-0.39, 0.29) is 17.9 Å². The molecule has 20 heavy (non-hydrogen) atoms. The van der Waals surface area contributed by atoms with E-state index in [4.69, 9.17) is 10.8 Å². The summed E-state index contributed by atoms with van der Waals surface area (Å²) < 4.78 is 0. The van der Waals surface area contributed by atoms with E-state index in [1.807, 2.05) is 6.92 Å². The Hall–Kier alpha value is -1.47. The standard InChI is InChI=1S/C13H19N3O3S/c1-8-6-9(13(18)19)3-5-16(8)12(17)10-7-20-11(15-10)2-4-14/h7-9H,2-6,14H2,1H3,(H,18,19). The maximum Gasteiger partial charge on any atom is 0.306 e. The molecule has 0 radical (unpaired) electrons. The fourth-order valence-corrected chi connectivity index (χ4v) is 3.28. The topological polar surface area (TPSA) is 96.5 Å². The molecule has 2 atom stereocenters. The number of carboxylic acid groups (broad SMARTS) is 1. The van der Waals surface area contributed by atoms with Gasteiger partial charge in [0, 0.05) is 24.4 Å². The Labute approximate surface area is 121 Å². The van der Waals surface area contributed by atoms with E-state index in [1.54, 1.807) is 10.3 Å². The molecule has 2 unspecified atom stereocenters. The van der Waals surface area contributed by atoms with Gasteiger partial charge in [-0.1, -0.05) is 0 Å². The van der Waals surface area contributed by atoms with E-state index in [0.717, 1.165) is 5.01 Å². The van der Waals surface area contributed by atoms with Crippen molar-refractivity contribution in [2.75, 3.05) is 13.1 Å². The van der Waals surface area contributed by atoms with Crippen LogP contribution in [0.1, 0.15) is 35.3 Å². The number of thiazole rings is 1. The molecule has 0 aromatic carbocycles. The minimum atomic E-state index is -0.775. The van der Waals surface area contributed by atoms with Gasteiger partial charge in [-0.15, -0.1) is 11.3 Å². The molecule has 2 heterocycles. The summed E-state index contributed by atoms with van der Waals surface area (Å²) in [4.78, 5) is 29.4. The van der Waals surface area contributed by atoms with Gasteiger partial charge in [-0.2, -0.15) is 0 Å². The van der Waals surface area contributed by atoms with Crippen molar-refractivity contribution in [3.63, 3.8) is 0 Å². The zero-order valence-corrected chi connectivity index (χ0v) is 12.2. The highest BCUT2D eigenvalue weighted by Gasteiger charge is 2.33. The SMILES string of the molecule is CC1CC(C(=O)O)CCN1C(=O)c1csc(CCN)n1. The Morgan fingerprint density at radius 1 is 1.60 bits per heavy atom. The van der Waals surface area contributed by atoms with Crippen LogP contribution in [0, 0.1) is 5.92 Å². The van der Waals surface area contributed by atoms with E-state index in [0.29, 0.717) is 38.0 Å². The maximum absolute atomic E-state index is 12.4. The van der Waals surface area contributed by atoms with Crippen LogP contribution in [0.2, 0.25) is 0 Å². The first-order valence-corrected chi connectivity index (χ1v) is 7.59. The molecule has 1 aliphatic rings. The van der Waals surface area contributed by atoms with Gasteiger partial charge in [0.15, 0.2) is 0 Å². The van der Waals surface area contributed by atoms with Gasteiger partial charge >= 0.3 is 5.97 Å². The number of aliphatic carboxylic acids is 1. The summed E-state index contributed by atoms with van der Waals surface area (Å²) in [6, 6.07) is -0.0722. The van der Waals surface area contributed by atoms with Gasteiger partial charge in [0.25, 0.3) is 5.91 Å². The number of piperidine rings is 1. The molecule has 2 rings (SSSR count). The number of carbonyl (C=O) groups excluding carboxylic acids is 1. The molecule has 7 heteroatoms. The highest BCUT2D eigenvalue weighted by atomic mass is 32.1. The fraction of sp³-hybridized carbons (Fsp3) is 0.615. The minimum absolute atomic E-state index is 0.0722. The van der Waals surface area contributed by atoms with Crippen LogP contribution < -0.4 is 5.73 Å². The van der Waals surface area contributed by atoms with Crippen molar-refractivity contribution in [2.24, 2.45) is 11.7 Å². The zero-order valence-electron chi connectivity index (χ0n) is 11.4. The molecule has 0 saturated carbocycles. The quantitative estimate of drug-likeness (QED) is 0.863. The monoisotopic (exact) mass is 297 g/mol. The number of carbonyl (C=O) groups is 2. The fourth-order valence-electron chi connectivity index (χ4n) is 2.49. The molecule has 1 saturated heterocycles. The van der Waals surface area contributed by atoms with Crippen LogP contribution >= 0.6 is 11.3 Å². The highest BCUT2D eigenvalue weighted by Crippen LogP contribution is 2.25. The predicted molar refractivity (Wildman–Crippen MR) is 75.7 cm³/mol. The second-order valence-corrected chi connectivity index (χ2v) is 6.01. The molecule has 1 aromatic rings. The number of amides is 1. The van der Waals surface area contributed by atoms with Crippen LogP contribution in [-0.2, 0) is 11.2 Å². The average Bonchev–Trinajstić information content (AvgIpc) is 2.87. The van der Waals surface area contributed by atoms with E-state index in [9.17, 15) is 9.59 Å². The normalized spacial score (nSPS) is 22.8. The number of rotatable bonds is 4. The van der Waals surface area contributed by atoms with Crippen molar-refractivity contribution in [1.29, 1.82) is 0 Å². The smallest absolute Gasteiger partial charge is 0.306 e. The molecule has 0 aliphatic carbocycles. The van der Waals surface area contributed by atoms with Crippen molar-refractivity contribution in [2.45, 2.75) is 32.2 Å². The molecule has 0 bridgehead atoms. The van der Waals surface area contributed by atoms with E-state index < -0.39 is 5.97 Å². The van der Waals surface area contributed by atoms with Crippen LogP contribution in [0.4, 0.5) is 0 Å². The summed E-state index contributed by atoms with van der Waals surface area (Å²) in [5.74, 6) is -1.24. The third-order valence-electron chi connectivity index (χ3n) is 3.62. The third-order valence-corrected chi connectivity index (χ3v) is 4.52. The van der Waals surface area contributed by atoms with Crippen LogP contribution in [0.3, 0.4) is 0 Å². The molecular weight excluding hydrogens is 278 g/mol. The third kappa shape index (κ3) is 3.16. The first-order chi connectivity index (χ1) is 9.52. The first-order valence-electron chi connectivity index (χ1n) is 6.71. The van der Waals surface area contributed by atoms with Gasteiger partial charge in [0.1, 0.15) is 5.69 Å². The number of nitrogens with two attached hydrogens (primary N) is 1. The van der Waals surface area contributed by atoms with Crippen LogP contribution in [0.15, 0.2) is 5.38 Å². The number of aromatic nitrogens is 1. The predicted octanol–water partition coefficient (Wildman–Crippen LogP) is 0.970. The second kappa shape index (κ2) is 6.32. The lowest BCUT2D eigenvalue weighted by molar-refractivity contribution is -0.143. The number of carboxylic acids is 1. The Morgan fingerprint density at radius 3 is 2.95 bits per heavy atom. The Morgan fingerprint density at radius 2 is 2.35 bits per heavy atom. The van der Waals surface area contributed by atoms with Crippen molar-refractivity contribution >= 4 is 23.2 Å². The summed E-state index contributed by atoms with van der Waals surface area (Å²) in [6.45, 7) is 2.88. The molecule has 3 N–H and O–H groups in total. The molecular formula is C13H19N3O3S. The lowest BCUT2D eigenvalue weighted by atomic mass is 9.91. The molecule has 110 valence electrons. The lowest BCUT2D eigenvalue weighted by Gasteiger charge is -2.35. The lowest BCUT2D eigenvalue weighted by Crippen LogP contribution is -2.46. The van der Waals surface area contributed by atoms with Gasteiger partial charge in [0.2, 0.25) is 0 Å². The largest absolute Gasteiger partial charge is 0.481 e. The molecule has 1 amide bonds. The van der Waals surface area contributed by atoms with E-state index in [1.165, 1.54) is 11.3 Å². The van der Waals surface area contributed by atoms with Gasteiger partial charge in [-0.25, -0.2) is 4.98 Å². The summed E-state index contributed by atoms with van der Waals surface area (Å²) in [6.07, 6.45) is 1.68. The van der Waals surface area contributed by atoms with Crippen LogP contribution in [0.5, 0.6) is 0 Å². The van der Waals surface area contributed by atoms with Crippen molar-refractivity contribution < 1.29 is 14.7 Å². The van der Waals surface area contributed by atoms with Crippen molar-refractivity contribution in [3.05, 3.63) is 16.1 Å². The van der Waals surface area contributed by atoms with Gasteiger partial charge in [-0.3, -0.25) is 9.59 Å². The average molecular weight is 297 g/mol. The molecule has 6 nitrogen and oxygen atoms in total. The summed E-state index contributed by atoms with van der Waals surface area (Å²) in [5.41, 5.74) is 5.91. The van der Waals surface area contributed by atoms with Crippen LogP contribution in [0.25, 0.3) is 0 Å². The van der Waals surface area contributed by atoms with Gasteiger partial charge < -0.3 is 15.7 Å². The summed E-state index contributed by atoms with van der Waals surface area (Å²) >= 11 is 1.44. The Balaban J connectivity index is 2.03. The summed E-state index contributed by atoms with van der Waals surface area (Å²) in [7, 11) is 0. The van der Waals surface area contributed by atoms with Gasteiger partial charge in [0.05, 0.1) is 10.9 Å². The van der Waals surface area contributed by atoms with Crippen molar-refractivity contribution in [3.8, 4) is 0 Å².